The summed E-state index contributed by atoms with van der Waals surface area (Å²) in [5, 5.41) is 11.8. The van der Waals surface area contributed by atoms with Gasteiger partial charge < -0.3 is 10.3 Å². The fourth-order valence-electron chi connectivity index (χ4n) is 1.55. The Kier molecular flexibility index (Phi) is 2.88. The van der Waals surface area contributed by atoms with Crippen LogP contribution >= 0.6 is 0 Å². The smallest absolute Gasteiger partial charge is 0.248 e. The van der Waals surface area contributed by atoms with Crippen molar-refractivity contribution in [3.05, 3.63) is 40.7 Å². The molecule has 0 aliphatic rings. The molecule has 1 aromatic carbocycles. The number of para-hydroxylation sites is 1. The van der Waals surface area contributed by atoms with Gasteiger partial charge in [0, 0.05) is 11.5 Å². The lowest BCUT2D eigenvalue weighted by Gasteiger charge is -2.06. The number of H-pyrrole nitrogens is 1. The van der Waals surface area contributed by atoms with Gasteiger partial charge in [-0.1, -0.05) is 12.1 Å². The molecule has 5 heteroatoms. The molecular weight excluding hydrogens is 218 g/mol. The van der Waals surface area contributed by atoms with Crippen LogP contribution in [0.25, 0.3) is 10.9 Å². The Bertz CT molecular complexity index is 667. The highest BCUT2D eigenvalue weighted by Gasteiger charge is 2.05. The van der Waals surface area contributed by atoms with Gasteiger partial charge in [0.1, 0.15) is 6.42 Å². The van der Waals surface area contributed by atoms with Gasteiger partial charge in [-0.15, -0.1) is 0 Å². The summed E-state index contributed by atoms with van der Waals surface area (Å²) in [4.78, 5) is 25.2. The number of nitriles is 1. The zero-order chi connectivity index (χ0) is 12.3. The number of pyridine rings is 1. The van der Waals surface area contributed by atoms with E-state index in [1.807, 2.05) is 6.07 Å². The van der Waals surface area contributed by atoms with E-state index in [1.165, 1.54) is 6.07 Å². The predicted octanol–water partition coefficient (Wildman–Crippen LogP) is 1.38. The second-order valence-corrected chi connectivity index (χ2v) is 3.48. The molecule has 0 radical (unpaired) electrons. The van der Waals surface area contributed by atoms with E-state index in [0.29, 0.717) is 11.2 Å². The highest BCUT2D eigenvalue weighted by atomic mass is 16.1. The van der Waals surface area contributed by atoms with E-state index in [-0.39, 0.29) is 12.0 Å². The Labute approximate surface area is 96.7 Å². The minimum Gasteiger partial charge on any atom is -0.323 e. The third-order valence-electron chi connectivity index (χ3n) is 2.27. The zero-order valence-electron chi connectivity index (χ0n) is 8.86. The van der Waals surface area contributed by atoms with Gasteiger partial charge in [-0.2, -0.15) is 5.26 Å². The average molecular weight is 227 g/mol. The van der Waals surface area contributed by atoms with Crippen molar-refractivity contribution in [1.29, 1.82) is 5.26 Å². The summed E-state index contributed by atoms with van der Waals surface area (Å²) in [6.07, 6.45) is -0.215. The molecule has 0 fully saturated rings. The van der Waals surface area contributed by atoms with Gasteiger partial charge in [0.15, 0.2) is 0 Å². The second kappa shape index (κ2) is 4.49. The molecular formula is C12H9N3O2. The Balaban J connectivity index is 2.47. The normalized spacial score (nSPS) is 9.82. The number of benzene rings is 1. The molecule has 2 N–H and O–H groups in total. The van der Waals surface area contributed by atoms with E-state index >= 15 is 0 Å². The lowest BCUT2D eigenvalue weighted by atomic mass is 10.2. The predicted molar refractivity (Wildman–Crippen MR) is 63.4 cm³/mol. The molecule has 0 aliphatic carbocycles. The molecule has 2 rings (SSSR count). The van der Waals surface area contributed by atoms with Crippen molar-refractivity contribution in [2.24, 2.45) is 0 Å². The Hall–Kier alpha value is -2.61. The highest BCUT2D eigenvalue weighted by molar-refractivity contribution is 6.00. The summed E-state index contributed by atoms with van der Waals surface area (Å²) in [5.74, 6) is -0.398. The number of carbonyl (C=O) groups is 1. The first kappa shape index (κ1) is 10.9. The first-order valence-corrected chi connectivity index (χ1v) is 4.99. The fraction of sp³-hybridized carbons (Fsp3) is 0.0833. The number of aromatic nitrogens is 1. The van der Waals surface area contributed by atoms with Crippen LogP contribution in [-0.4, -0.2) is 10.9 Å². The van der Waals surface area contributed by atoms with Crippen LogP contribution in [0.1, 0.15) is 6.42 Å². The van der Waals surface area contributed by atoms with Gasteiger partial charge in [0.05, 0.1) is 17.3 Å². The topological polar surface area (TPSA) is 85.8 Å². The largest absolute Gasteiger partial charge is 0.323 e. The average Bonchev–Trinajstić information content (AvgIpc) is 2.30. The molecule has 2 aromatic rings. The first-order valence-electron chi connectivity index (χ1n) is 4.99. The SMILES string of the molecule is N#CCC(=O)Nc1cccc2ccc(=O)[nH]c12. The van der Waals surface area contributed by atoms with Gasteiger partial charge in [0.25, 0.3) is 0 Å². The van der Waals surface area contributed by atoms with E-state index in [2.05, 4.69) is 10.3 Å². The van der Waals surface area contributed by atoms with Crippen molar-refractivity contribution >= 4 is 22.5 Å². The Morgan fingerprint density at radius 2 is 2.18 bits per heavy atom. The molecule has 1 aromatic heterocycles. The van der Waals surface area contributed by atoms with Crippen LogP contribution in [0.3, 0.4) is 0 Å². The summed E-state index contributed by atoms with van der Waals surface area (Å²) in [5.41, 5.74) is 0.825. The number of aromatic amines is 1. The number of carbonyl (C=O) groups excluding carboxylic acids is 1. The number of hydrogen-bond donors (Lipinski definition) is 2. The van der Waals surface area contributed by atoms with Gasteiger partial charge in [-0.25, -0.2) is 0 Å². The molecule has 0 saturated heterocycles. The zero-order valence-corrected chi connectivity index (χ0v) is 8.86. The lowest BCUT2D eigenvalue weighted by Crippen LogP contribution is -2.12. The summed E-state index contributed by atoms with van der Waals surface area (Å²) in [6.45, 7) is 0. The lowest BCUT2D eigenvalue weighted by molar-refractivity contribution is -0.115. The molecule has 0 atom stereocenters. The molecule has 0 saturated carbocycles. The number of anilines is 1. The molecule has 1 heterocycles. The van der Waals surface area contributed by atoms with E-state index in [0.717, 1.165) is 5.39 Å². The number of nitrogens with one attached hydrogen (secondary N) is 2. The van der Waals surface area contributed by atoms with Crippen molar-refractivity contribution in [3.8, 4) is 6.07 Å². The molecule has 0 unspecified atom stereocenters. The minimum atomic E-state index is -0.398. The monoisotopic (exact) mass is 227 g/mol. The molecule has 84 valence electrons. The summed E-state index contributed by atoms with van der Waals surface area (Å²) in [6, 6.07) is 10.1. The van der Waals surface area contributed by atoms with Crippen LogP contribution in [0.4, 0.5) is 5.69 Å². The van der Waals surface area contributed by atoms with Crippen molar-refractivity contribution in [1.82, 2.24) is 4.98 Å². The van der Waals surface area contributed by atoms with Gasteiger partial charge in [-0.3, -0.25) is 9.59 Å². The summed E-state index contributed by atoms with van der Waals surface area (Å²) >= 11 is 0. The second-order valence-electron chi connectivity index (χ2n) is 3.48. The van der Waals surface area contributed by atoms with Gasteiger partial charge in [-0.05, 0) is 12.1 Å². The highest BCUT2D eigenvalue weighted by Crippen LogP contribution is 2.19. The van der Waals surface area contributed by atoms with Crippen LogP contribution in [0, 0.1) is 11.3 Å². The Morgan fingerprint density at radius 3 is 2.94 bits per heavy atom. The number of rotatable bonds is 2. The number of nitrogens with zero attached hydrogens (tertiary/aromatic N) is 1. The standard InChI is InChI=1S/C12H9N3O2/c13-7-6-11(17)14-9-3-1-2-8-4-5-10(16)15-12(8)9/h1-5H,6H2,(H,14,17)(H,15,16). The minimum absolute atomic E-state index is 0.215. The molecule has 5 nitrogen and oxygen atoms in total. The molecule has 17 heavy (non-hydrogen) atoms. The van der Waals surface area contributed by atoms with E-state index in [9.17, 15) is 9.59 Å². The van der Waals surface area contributed by atoms with Crippen LogP contribution in [-0.2, 0) is 4.79 Å². The van der Waals surface area contributed by atoms with Crippen molar-refractivity contribution in [3.63, 3.8) is 0 Å². The Morgan fingerprint density at radius 1 is 1.35 bits per heavy atom. The first-order chi connectivity index (χ1) is 8.20. The van der Waals surface area contributed by atoms with E-state index < -0.39 is 5.91 Å². The van der Waals surface area contributed by atoms with Crippen molar-refractivity contribution in [2.45, 2.75) is 6.42 Å². The molecule has 0 bridgehead atoms. The van der Waals surface area contributed by atoms with E-state index in [4.69, 9.17) is 5.26 Å². The van der Waals surface area contributed by atoms with Gasteiger partial charge in [0.2, 0.25) is 11.5 Å². The van der Waals surface area contributed by atoms with Gasteiger partial charge >= 0.3 is 0 Å². The number of amides is 1. The van der Waals surface area contributed by atoms with Crippen molar-refractivity contribution in [2.75, 3.05) is 5.32 Å². The third kappa shape index (κ3) is 2.32. The summed E-state index contributed by atoms with van der Waals surface area (Å²) < 4.78 is 0. The molecule has 1 amide bonds. The quantitative estimate of drug-likeness (QED) is 0.812. The van der Waals surface area contributed by atoms with Crippen LogP contribution in [0.15, 0.2) is 35.1 Å². The summed E-state index contributed by atoms with van der Waals surface area (Å²) in [7, 11) is 0. The maximum absolute atomic E-state index is 11.3. The van der Waals surface area contributed by atoms with Crippen molar-refractivity contribution < 1.29 is 4.79 Å². The maximum Gasteiger partial charge on any atom is 0.248 e. The molecule has 0 spiro atoms. The van der Waals surface area contributed by atoms with Crippen LogP contribution in [0.2, 0.25) is 0 Å². The molecule has 0 aliphatic heterocycles. The third-order valence-corrected chi connectivity index (χ3v) is 2.27. The number of fused-ring (bicyclic) bond motifs is 1. The van der Waals surface area contributed by atoms with Crippen LogP contribution in [0.5, 0.6) is 0 Å². The van der Waals surface area contributed by atoms with E-state index in [1.54, 1.807) is 24.3 Å². The number of hydrogen-bond acceptors (Lipinski definition) is 3. The fourth-order valence-corrected chi connectivity index (χ4v) is 1.55. The maximum atomic E-state index is 11.3. The van der Waals surface area contributed by atoms with Crippen LogP contribution < -0.4 is 10.9 Å².